The molecule has 1 aromatic heterocycles. The topological polar surface area (TPSA) is 110 Å². The van der Waals surface area contributed by atoms with Crippen LogP contribution in [-0.4, -0.2) is 39.8 Å². The molecule has 0 radical (unpaired) electrons. The van der Waals surface area contributed by atoms with Crippen molar-refractivity contribution in [2.75, 3.05) is 19.0 Å². The quantitative estimate of drug-likeness (QED) is 0.554. The molecule has 0 aliphatic rings. The Bertz CT molecular complexity index is 397. The number of aliphatic hydroxyl groups is 1. The van der Waals surface area contributed by atoms with Crippen LogP contribution in [0.5, 0.6) is 5.88 Å². The molecule has 1 heterocycles. The molecule has 0 aliphatic heterocycles. The van der Waals surface area contributed by atoms with Gasteiger partial charge in [-0.25, -0.2) is 4.98 Å². The number of methoxy groups -OCH3 is 1. The lowest BCUT2D eigenvalue weighted by molar-refractivity contribution is -0.385. The Labute approximate surface area is 97.8 Å². The Morgan fingerprint density at radius 2 is 2.35 bits per heavy atom. The summed E-state index contributed by atoms with van der Waals surface area (Å²) in [5.41, 5.74) is -0.305. The first-order chi connectivity index (χ1) is 8.06. The molecule has 94 valence electrons. The first-order valence-corrected chi connectivity index (χ1v) is 5.01. The van der Waals surface area contributed by atoms with Crippen LogP contribution in [0.4, 0.5) is 11.5 Å². The van der Waals surface area contributed by atoms with Crippen molar-refractivity contribution in [3.8, 4) is 5.88 Å². The number of hydrogen-bond donors (Lipinski definition) is 2. The minimum Gasteiger partial charge on any atom is -0.476 e. The molecule has 0 saturated carbocycles. The SMILES string of the molecule is COc1ncnc(NCCC(C)O)c1[N+](=O)[O-]. The third kappa shape index (κ3) is 3.52. The van der Waals surface area contributed by atoms with E-state index in [1.54, 1.807) is 6.92 Å². The fourth-order valence-electron chi connectivity index (χ4n) is 1.21. The lowest BCUT2D eigenvalue weighted by atomic mass is 10.3. The number of aromatic nitrogens is 2. The van der Waals surface area contributed by atoms with Gasteiger partial charge in [0.2, 0.25) is 5.82 Å². The highest BCUT2D eigenvalue weighted by atomic mass is 16.6. The molecule has 1 unspecified atom stereocenters. The van der Waals surface area contributed by atoms with Crippen molar-refractivity contribution < 1.29 is 14.8 Å². The molecular weight excluding hydrogens is 228 g/mol. The molecule has 0 bridgehead atoms. The van der Waals surface area contributed by atoms with Crippen molar-refractivity contribution in [2.45, 2.75) is 19.4 Å². The molecule has 8 heteroatoms. The third-order valence-corrected chi connectivity index (χ3v) is 2.02. The Hall–Kier alpha value is -1.96. The number of rotatable bonds is 6. The number of anilines is 1. The standard InChI is InChI=1S/C9H14N4O4/c1-6(14)3-4-10-8-7(13(15)16)9(17-2)12-5-11-8/h5-6,14H,3-4H2,1-2H3,(H,10,11,12). The maximum absolute atomic E-state index is 10.9. The zero-order valence-corrected chi connectivity index (χ0v) is 9.58. The van der Waals surface area contributed by atoms with Gasteiger partial charge in [-0.1, -0.05) is 0 Å². The number of nitro groups is 1. The van der Waals surface area contributed by atoms with Crippen LogP contribution in [0.2, 0.25) is 0 Å². The van der Waals surface area contributed by atoms with E-state index in [-0.39, 0.29) is 17.4 Å². The summed E-state index contributed by atoms with van der Waals surface area (Å²) in [6, 6.07) is 0. The highest BCUT2D eigenvalue weighted by Gasteiger charge is 2.23. The lowest BCUT2D eigenvalue weighted by Gasteiger charge is -2.08. The first-order valence-electron chi connectivity index (χ1n) is 5.01. The monoisotopic (exact) mass is 242 g/mol. The molecule has 17 heavy (non-hydrogen) atoms. The van der Waals surface area contributed by atoms with Gasteiger partial charge in [-0.15, -0.1) is 0 Å². The Morgan fingerprint density at radius 3 is 2.88 bits per heavy atom. The van der Waals surface area contributed by atoms with Crippen LogP contribution in [0, 0.1) is 10.1 Å². The smallest absolute Gasteiger partial charge is 0.372 e. The molecule has 1 atom stereocenters. The van der Waals surface area contributed by atoms with E-state index < -0.39 is 11.0 Å². The zero-order chi connectivity index (χ0) is 12.8. The number of nitrogens with one attached hydrogen (secondary N) is 1. The molecule has 1 aromatic rings. The zero-order valence-electron chi connectivity index (χ0n) is 9.58. The molecular formula is C9H14N4O4. The molecule has 0 fully saturated rings. The van der Waals surface area contributed by atoms with Crippen LogP contribution in [0.3, 0.4) is 0 Å². The largest absolute Gasteiger partial charge is 0.476 e. The van der Waals surface area contributed by atoms with E-state index in [1.165, 1.54) is 13.4 Å². The predicted molar refractivity (Wildman–Crippen MR) is 60.0 cm³/mol. The molecule has 2 N–H and O–H groups in total. The summed E-state index contributed by atoms with van der Waals surface area (Å²) in [5.74, 6) is -0.00736. The summed E-state index contributed by atoms with van der Waals surface area (Å²) in [6.45, 7) is 2.01. The Morgan fingerprint density at radius 1 is 1.65 bits per heavy atom. The van der Waals surface area contributed by atoms with E-state index in [0.29, 0.717) is 13.0 Å². The van der Waals surface area contributed by atoms with Gasteiger partial charge in [0, 0.05) is 6.54 Å². The Kier molecular flexibility index (Phi) is 4.58. The average molecular weight is 242 g/mol. The molecule has 0 saturated heterocycles. The second-order valence-corrected chi connectivity index (χ2v) is 3.40. The maximum Gasteiger partial charge on any atom is 0.372 e. The highest BCUT2D eigenvalue weighted by molar-refractivity contribution is 5.60. The van der Waals surface area contributed by atoms with Crippen molar-refractivity contribution in [2.24, 2.45) is 0 Å². The number of hydrogen-bond acceptors (Lipinski definition) is 7. The van der Waals surface area contributed by atoms with E-state index in [1.807, 2.05) is 0 Å². The number of nitrogens with zero attached hydrogens (tertiary/aromatic N) is 3. The van der Waals surface area contributed by atoms with Gasteiger partial charge >= 0.3 is 5.69 Å². The van der Waals surface area contributed by atoms with Gasteiger partial charge in [-0.2, -0.15) is 4.98 Å². The van der Waals surface area contributed by atoms with Crippen LogP contribution in [0.1, 0.15) is 13.3 Å². The van der Waals surface area contributed by atoms with E-state index in [0.717, 1.165) is 0 Å². The second-order valence-electron chi connectivity index (χ2n) is 3.40. The van der Waals surface area contributed by atoms with Crippen molar-refractivity contribution in [3.63, 3.8) is 0 Å². The Balaban J connectivity index is 2.87. The molecule has 0 amide bonds. The van der Waals surface area contributed by atoms with Crippen LogP contribution in [0.15, 0.2) is 6.33 Å². The second kappa shape index (κ2) is 5.94. The van der Waals surface area contributed by atoms with E-state index in [9.17, 15) is 10.1 Å². The minimum atomic E-state index is -0.608. The van der Waals surface area contributed by atoms with Gasteiger partial charge in [0.25, 0.3) is 5.88 Å². The average Bonchev–Trinajstić information content (AvgIpc) is 2.27. The first kappa shape index (κ1) is 13.1. The molecule has 0 spiro atoms. The van der Waals surface area contributed by atoms with Crippen LogP contribution < -0.4 is 10.1 Å². The maximum atomic E-state index is 10.9. The molecule has 0 aliphatic carbocycles. The van der Waals surface area contributed by atoms with Crippen molar-refractivity contribution >= 4 is 11.5 Å². The predicted octanol–water partition coefficient (Wildman–Crippen LogP) is 0.576. The van der Waals surface area contributed by atoms with Crippen LogP contribution in [0.25, 0.3) is 0 Å². The van der Waals surface area contributed by atoms with E-state index in [2.05, 4.69) is 15.3 Å². The summed E-state index contributed by atoms with van der Waals surface area (Å²) < 4.78 is 4.79. The van der Waals surface area contributed by atoms with Crippen molar-refractivity contribution in [1.29, 1.82) is 0 Å². The summed E-state index contributed by atoms with van der Waals surface area (Å²) in [5, 5.41) is 22.7. The van der Waals surface area contributed by atoms with E-state index in [4.69, 9.17) is 9.84 Å². The summed E-state index contributed by atoms with van der Waals surface area (Å²) in [6.07, 6.45) is 1.16. The summed E-state index contributed by atoms with van der Waals surface area (Å²) in [4.78, 5) is 17.7. The number of aliphatic hydroxyl groups excluding tert-OH is 1. The normalized spacial score (nSPS) is 11.9. The van der Waals surface area contributed by atoms with Gasteiger partial charge in [-0.3, -0.25) is 10.1 Å². The molecule has 0 aromatic carbocycles. The third-order valence-electron chi connectivity index (χ3n) is 2.02. The molecule has 8 nitrogen and oxygen atoms in total. The van der Waals surface area contributed by atoms with Crippen LogP contribution in [-0.2, 0) is 0 Å². The summed E-state index contributed by atoms with van der Waals surface area (Å²) >= 11 is 0. The van der Waals surface area contributed by atoms with Gasteiger partial charge in [0.05, 0.1) is 18.1 Å². The van der Waals surface area contributed by atoms with Crippen molar-refractivity contribution in [3.05, 3.63) is 16.4 Å². The highest BCUT2D eigenvalue weighted by Crippen LogP contribution is 2.30. The van der Waals surface area contributed by atoms with Crippen molar-refractivity contribution in [1.82, 2.24) is 9.97 Å². The summed E-state index contributed by atoms with van der Waals surface area (Å²) in [7, 11) is 1.30. The van der Waals surface area contributed by atoms with E-state index >= 15 is 0 Å². The van der Waals surface area contributed by atoms with Gasteiger partial charge in [0.15, 0.2) is 0 Å². The fourth-order valence-corrected chi connectivity index (χ4v) is 1.21. The molecule has 1 rings (SSSR count). The minimum absolute atomic E-state index is 0.0856. The van der Waals surface area contributed by atoms with Gasteiger partial charge < -0.3 is 15.2 Å². The van der Waals surface area contributed by atoms with Crippen LogP contribution >= 0.6 is 0 Å². The van der Waals surface area contributed by atoms with Gasteiger partial charge in [0.1, 0.15) is 6.33 Å². The lowest BCUT2D eigenvalue weighted by Crippen LogP contribution is -2.12. The van der Waals surface area contributed by atoms with Gasteiger partial charge in [-0.05, 0) is 13.3 Å². The fraction of sp³-hybridized carbons (Fsp3) is 0.556. The number of ether oxygens (including phenoxy) is 1.